The van der Waals surface area contributed by atoms with Gasteiger partial charge in [0, 0.05) is 19.2 Å². The molecular formula is C16H25NO3. The number of esters is 1. The SMILES string of the molecule is COC(=O)c1ccc(CNC(CCO)C(C)(C)C)cc1. The van der Waals surface area contributed by atoms with Crippen LogP contribution in [0, 0.1) is 5.41 Å². The van der Waals surface area contributed by atoms with E-state index in [2.05, 4.69) is 30.8 Å². The molecule has 4 heteroatoms. The molecule has 0 saturated heterocycles. The first-order valence-corrected chi connectivity index (χ1v) is 6.90. The largest absolute Gasteiger partial charge is 0.465 e. The van der Waals surface area contributed by atoms with Crippen molar-refractivity contribution in [2.24, 2.45) is 5.41 Å². The number of aliphatic hydroxyl groups is 1. The quantitative estimate of drug-likeness (QED) is 0.785. The predicted octanol–water partition coefficient (Wildman–Crippen LogP) is 2.36. The van der Waals surface area contributed by atoms with E-state index < -0.39 is 0 Å². The van der Waals surface area contributed by atoms with E-state index in [0.29, 0.717) is 12.1 Å². The Bertz CT molecular complexity index is 420. The molecular weight excluding hydrogens is 254 g/mol. The van der Waals surface area contributed by atoms with Gasteiger partial charge in [0.05, 0.1) is 12.7 Å². The van der Waals surface area contributed by atoms with Crippen LogP contribution < -0.4 is 5.32 Å². The van der Waals surface area contributed by atoms with Crippen molar-refractivity contribution in [3.8, 4) is 0 Å². The van der Waals surface area contributed by atoms with Gasteiger partial charge in [0.2, 0.25) is 0 Å². The summed E-state index contributed by atoms with van der Waals surface area (Å²) in [5, 5.41) is 12.6. The van der Waals surface area contributed by atoms with E-state index in [1.807, 2.05) is 12.1 Å². The molecule has 0 bridgehead atoms. The molecule has 1 aromatic rings. The van der Waals surface area contributed by atoms with E-state index in [4.69, 9.17) is 5.11 Å². The van der Waals surface area contributed by atoms with Crippen LogP contribution in [0.3, 0.4) is 0 Å². The summed E-state index contributed by atoms with van der Waals surface area (Å²) < 4.78 is 4.67. The van der Waals surface area contributed by atoms with Crippen molar-refractivity contribution in [2.75, 3.05) is 13.7 Å². The fourth-order valence-corrected chi connectivity index (χ4v) is 2.09. The highest BCUT2D eigenvalue weighted by atomic mass is 16.5. The summed E-state index contributed by atoms with van der Waals surface area (Å²) in [5.41, 5.74) is 1.75. The van der Waals surface area contributed by atoms with Crippen LogP contribution in [-0.2, 0) is 11.3 Å². The third-order valence-corrected chi connectivity index (χ3v) is 3.39. The topological polar surface area (TPSA) is 58.6 Å². The van der Waals surface area contributed by atoms with Crippen LogP contribution in [0.4, 0.5) is 0 Å². The standard InChI is InChI=1S/C16H25NO3/c1-16(2,3)14(9-10-18)17-11-12-5-7-13(8-6-12)15(19)20-4/h5-8,14,17-18H,9-11H2,1-4H3. The number of nitrogens with one attached hydrogen (secondary N) is 1. The first kappa shape index (κ1) is 16.7. The zero-order chi connectivity index (χ0) is 15.2. The summed E-state index contributed by atoms with van der Waals surface area (Å²) in [5.74, 6) is -0.322. The second kappa shape index (κ2) is 7.41. The molecule has 1 aromatic carbocycles. The average molecular weight is 279 g/mol. The van der Waals surface area contributed by atoms with Gasteiger partial charge in [-0.25, -0.2) is 4.79 Å². The van der Waals surface area contributed by atoms with Gasteiger partial charge in [0.25, 0.3) is 0 Å². The lowest BCUT2D eigenvalue weighted by Crippen LogP contribution is -2.40. The molecule has 0 fully saturated rings. The number of rotatable bonds is 6. The molecule has 4 nitrogen and oxygen atoms in total. The minimum atomic E-state index is -0.322. The molecule has 0 aromatic heterocycles. The van der Waals surface area contributed by atoms with Gasteiger partial charge in [-0.15, -0.1) is 0 Å². The molecule has 0 aliphatic heterocycles. The summed E-state index contributed by atoms with van der Waals surface area (Å²) in [7, 11) is 1.38. The van der Waals surface area contributed by atoms with Crippen molar-refractivity contribution >= 4 is 5.97 Å². The molecule has 0 aliphatic rings. The van der Waals surface area contributed by atoms with E-state index in [0.717, 1.165) is 12.0 Å². The molecule has 0 amide bonds. The van der Waals surface area contributed by atoms with Gasteiger partial charge in [0.1, 0.15) is 0 Å². The van der Waals surface area contributed by atoms with Gasteiger partial charge >= 0.3 is 5.97 Å². The molecule has 0 aliphatic carbocycles. The number of carbonyl (C=O) groups excluding carboxylic acids is 1. The van der Waals surface area contributed by atoms with Crippen LogP contribution in [-0.4, -0.2) is 30.8 Å². The Hall–Kier alpha value is -1.39. The summed E-state index contributed by atoms with van der Waals surface area (Å²) in [6, 6.07) is 7.60. The molecule has 1 unspecified atom stereocenters. The number of hydrogen-bond donors (Lipinski definition) is 2. The van der Waals surface area contributed by atoms with E-state index >= 15 is 0 Å². The van der Waals surface area contributed by atoms with Crippen molar-refractivity contribution in [1.82, 2.24) is 5.32 Å². The Kier molecular flexibility index (Phi) is 6.17. The van der Waals surface area contributed by atoms with Crippen LogP contribution in [0.2, 0.25) is 0 Å². The van der Waals surface area contributed by atoms with E-state index in [1.54, 1.807) is 12.1 Å². The average Bonchev–Trinajstić information content (AvgIpc) is 2.42. The highest BCUT2D eigenvalue weighted by Crippen LogP contribution is 2.22. The third-order valence-electron chi connectivity index (χ3n) is 3.39. The maximum absolute atomic E-state index is 11.3. The molecule has 1 atom stereocenters. The monoisotopic (exact) mass is 279 g/mol. The van der Waals surface area contributed by atoms with Crippen molar-refractivity contribution in [3.05, 3.63) is 35.4 Å². The number of ether oxygens (including phenoxy) is 1. The second-order valence-electron chi connectivity index (χ2n) is 6.00. The number of methoxy groups -OCH3 is 1. The Morgan fingerprint density at radius 3 is 2.35 bits per heavy atom. The molecule has 2 N–H and O–H groups in total. The fraction of sp³-hybridized carbons (Fsp3) is 0.562. The van der Waals surface area contributed by atoms with Crippen LogP contribution in [0.5, 0.6) is 0 Å². The highest BCUT2D eigenvalue weighted by Gasteiger charge is 2.23. The van der Waals surface area contributed by atoms with Crippen molar-refractivity contribution in [1.29, 1.82) is 0 Å². The van der Waals surface area contributed by atoms with E-state index in [-0.39, 0.29) is 24.0 Å². The van der Waals surface area contributed by atoms with Crippen LogP contribution in [0.25, 0.3) is 0 Å². The normalized spacial score (nSPS) is 13.1. The molecule has 0 spiro atoms. The van der Waals surface area contributed by atoms with Gasteiger partial charge in [-0.3, -0.25) is 0 Å². The van der Waals surface area contributed by atoms with Crippen molar-refractivity contribution < 1.29 is 14.6 Å². The molecule has 20 heavy (non-hydrogen) atoms. The minimum absolute atomic E-state index is 0.0920. The smallest absolute Gasteiger partial charge is 0.337 e. The van der Waals surface area contributed by atoms with Gasteiger partial charge in [-0.1, -0.05) is 32.9 Å². The van der Waals surface area contributed by atoms with Gasteiger partial charge in [-0.05, 0) is 29.5 Å². The molecule has 0 saturated carbocycles. The lowest BCUT2D eigenvalue weighted by Gasteiger charge is -2.31. The molecule has 1 rings (SSSR count). The zero-order valence-electron chi connectivity index (χ0n) is 12.8. The zero-order valence-corrected chi connectivity index (χ0v) is 12.8. The molecule has 0 heterocycles. The van der Waals surface area contributed by atoms with Crippen LogP contribution in [0.15, 0.2) is 24.3 Å². The Labute approximate surface area is 121 Å². The Morgan fingerprint density at radius 2 is 1.90 bits per heavy atom. The molecule has 112 valence electrons. The van der Waals surface area contributed by atoms with Crippen LogP contribution in [0.1, 0.15) is 43.1 Å². The summed E-state index contributed by atoms with van der Waals surface area (Å²) in [6.45, 7) is 7.35. The number of carbonyl (C=O) groups is 1. The Morgan fingerprint density at radius 1 is 1.30 bits per heavy atom. The number of benzene rings is 1. The maximum Gasteiger partial charge on any atom is 0.337 e. The minimum Gasteiger partial charge on any atom is -0.465 e. The van der Waals surface area contributed by atoms with E-state index in [9.17, 15) is 4.79 Å². The number of hydrogen-bond acceptors (Lipinski definition) is 4. The van der Waals surface area contributed by atoms with Gasteiger partial charge in [0.15, 0.2) is 0 Å². The van der Waals surface area contributed by atoms with Crippen molar-refractivity contribution in [2.45, 2.75) is 39.8 Å². The molecule has 0 radical (unpaired) electrons. The van der Waals surface area contributed by atoms with Gasteiger partial charge < -0.3 is 15.2 Å². The lowest BCUT2D eigenvalue weighted by molar-refractivity contribution is 0.0600. The fourth-order valence-electron chi connectivity index (χ4n) is 2.09. The van der Waals surface area contributed by atoms with Crippen LogP contribution >= 0.6 is 0 Å². The summed E-state index contributed by atoms with van der Waals surface area (Å²) in [6.07, 6.45) is 0.726. The first-order valence-electron chi connectivity index (χ1n) is 6.90. The summed E-state index contributed by atoms with van der Waals surface area (Å²) in [4.78, 5) is 11.3. The third kappa shape index (κ3) is 4.94. The van der Waals surface area contributed by atoms with E-state index in [1.165, 1.54) is 7.11 Å². The lowest BCUT2D eigenvalue weighted by atomic mass is 9.85. The second-order valence-corrected chi connectivity index (χ2v) is 6.00. The highest BCUT2D eigenvalue weighted by molar-refractivity contribution is 5.89. The predicted molar refractivity (Wildman–Crippen MR) is 79.6 cm³/mol. The maximum atomic E-state index is 11.3. The first-order chi connectivity index (χ1) is 9.38. The summed E-state index contributed by atoms with van der Waals surface area (Å²) >= 11 is 0. The van der Waals surface area contributed by atoms with Gasteiger partial charge in [-0.2, -0.15) is 0 Å². The van der Waals surface area contributed by atoms with Crippen molar-refractivity contribution in [3.63, 3.8) is 0 Å². The number of aliphatic hydroxyl groups excluding tert-OH is 1. The Balaban J connectivity index is 2.62.